The van der Waals surface area contributed by atoms with E-state index >= 15 is 0 Å². The molecule has 46 valence electrons. The van der Waals surface area contributed by atoms with Crippen molar-refractivity contribution in [1.82, 2.24) is 0 Å². The average molecular weight is 466 g/mol. The first-order valence-corrected chi connectivity index (χ1v) is 0.750. The van der Waals surface area contributed by atoms with Crippen LogP contribution in [0.25, 0.3) is 0 Å². The quantitative estimate of drug-likeness (QED) is 0.277. The standard InChI is InChI=1S/3C2.2Au/c3*1-2;;/q3*-2;2*+3. The minimum atomic E-state index is 0. The van der Waals surface area contributed by atoms with Gasteiger partial charge in [-0.3, -0.25) is 0 Å². The van der Waals surface area contributed by atoms with Crippen LogP contribution < -0.4 is 0 Å². The van der Waals surface area contributed by atoms with Crippen molar-refractivity contribution in [3.05, 3.63) is 38.5 Å². The molecule has 2 heteroatoms. The molecule has 0 aliphatic carbocycles. The molecule has 0 aromatic heterocycles. The van der Waals surface area contributed by atoms with Crippen molar-refractivity contribution in [2.75, 3.05) is 0 Å². The van der Waals surface area contributed by atoms with Gasteiger partial charge in [0.2, 0.25) is 0 Å². The third kappa shape index (κ3) is 6370. The average Bonchev–Trinajstić information content (AvgIpc) is 1.81. The van der Waals surface area contributed by atoms with Crippen LogP contribution in [0.3, 0.4) is 0 Å². The van der Waals surface area contributed by atoms with E-state index in [2.05, 4.69) is 0 Å². The van der Waals surface area contributed by atoms with Crippen LogP contribution in [-0.4, -0.2) is 0 Å². The molecular weight excluding hydrogens is 466 g/mol. The van der Waals surface area contributed by atoms with Crippen molar-refractivity contribution in [3.8, 4) is 0 Å². The molecule has 0 bridgehead atoms. The Kier molecular flexibility index (Phi) is 55200. The molecule has 0 amide bonds. The maximum Gasteiger partial charge on any atom is 3.00 e. The van der Waals surface area contributed by atoms with Crippen molar-refractivity contribution in [2.45, 2.75) is 0 Å². The van der Waals surface area contributed by atoms with E-state index in [1.54, 1.807) is 0 Å². The zero-order valence-corrected chi connectivity index (χ0v) is 7.94. The summed E-state index contributed by atoms with van der Waals surface area (Å²) >= 11 is 0. The third-order valence-electron chi connectivity index (χ3n) is 0. The molecule has 0 saturated carbocycles. The van der Waals surface area contributed by atoms with Crippen LogP contribution in [0.2, 0.25) is 0 Å². The van der Waals surface area contributed by atoms with Crippen molar-refractivity contribution in [2.24, 2.45) is 0 Å². The molecule has 0 aliphatic heterocycles. The number of hydrogen-bond acceptors (Lipinski definition) is 0. The second-order valence-electron chi connectivity index (χ2n) is 0. The van der Waals surface area contributed by atoms with Gasteiger partial charge in [-0.05, 0) is 0 Å². The van der Waals surface area contributed by atoms with Crippen LogP contribution in [0.4, 0.5) is 0 Å². The first-order chi connectivity index (χ1) is 3.00. The van der Waals surface area contributed by atoms with E-state index in [0.29, 0.717) is 0 Å². The molecule has 0 heterocycles. The summed E-state index contributed by atoms with van der Waals surface area (Å²) in [6, 6.07) is 0. The van der Waals surface area contributed by atoms with Crippen LogP contribution in [0, 0.1) is 38.5 Å². The van der Waals surface area contributed by atoms with Gasteiger partial charge in [-0.2, -0.15) is 0 Å². The molecule has 0 aliphatic rings. The summed E-state index contributed by atoms with van der Waals surface area (Å²) in [4.78, 5) is 0. The van der Waals surface area contributed by atoms with Gasteiger partial charge in [0, 0.05) is 0 Å². The normalized spacial score (nSPS) is 0.750. The van der Waals surface area contributed by atoms with Crippen LogP contribution in [0.1, 0.15) is 0 Å². The predicted octanol–water partition coefficient (Wildman–Crippen LogP) is 0.483. The van der Waals surface area contributed by atoms with E-state index in [0.717, 1.165) is 0 Å². The first-order valence-electron chi connectivity index (χ1n) is 0.750. The van der Waals surface area contributed by atoms with Crippen molar-refractivity contribution < 1.29 is 44.8 Å². The molecule has 0 nitrogen and oxygen atoms in total. The van der Waals surface area contributed by atoms with Crippen LogP contribution in [0.15, 0.2) is 0 Å². The molecule has 0 rings (SSSR count). The van der Waals surface area contributed by atoms with E-state index in [1.165, 1.54) is 0 Å². The van der Waals surface area contributed by atoms with Gasteiger partial charge >= 0.3 is 44.8 Å². The largest absolute Gasteiger partial charge is 3.00 e. The Morgan fingerprint density at radius 3 is 0.375 bits per heavy atom. The van der Waals surface area contributed by atoms with Crippen LogP contribution >= 0.6 is 0 Å². The predicted molar refractivity (Wildman–Crippen MR) is 19.5 cm³/mol. The summed E-state index contributed by atoms with van der Waals surface area (Å²) in [7, 11) is 0. The summed E-state index contributed by atoms with van der Waals surface area (Å²) in [5.41, 5.74) is 0. The molecule has 0 aromatic carbocycles. The van der Waals surface area contributed by atoms with E-state index in [9.17, 15) is 0 Å². The van der Waals surface area contributed by atoms with Gasteiger partial charge in [-0.25, -0.2) is 0 Å². The second-order valence-corrected chi connectivity index (χ2v) is 0. The Hall–Kier alpha value is 0.161. The molecule has 0 aromatic rings. The van der Waals surface area contributed by atoms with Crippen molar-refractivity contribution >= 4 is 0 Å². The molecule has 0 atom stereocenters. The van der Waals surface area contributed by atoms with Gasteiger partial charge in [0.1, 0.15) is 0 Å². The molecule has 0 saturated heterocycles. The number of rotatable bonds is 0. The molecule has 0 N–H and O–H groups in total. The topological polar surface area (TPSA) is 0 Å². The maximum atomic E-state index is 5.00. The summed E-state index contributed by atoms with van der Waals surface area (Å²) in [5.74, 6) is 0. The zero-order valence-electron chi connectivity index (χ0n) is 3.60. The van der Waals surface area contributed by atoms with Crippen molar-refractivity contribution in [1.29, 1.82) is 0 Å². The maximum absolute atomic E-state index is 5.00. The zero-order chi connectivity index (χ0) is 6.00. The fraction of sp³-hybridized carbons (Fsp3) is 0. The Morgan fingerprint density at radius 1 is 0.375 bits per heavy atom. The van der Waals surface area contributed by atoms with Gasteiger partial charge < -0.3 is 38.5 Å². The minimum absolute atomic E-state index is 0. The molecule has 8 heavy (non-hydrogen) atoms. The Balaban J connectivity index is -0.00000000500. The van der Waals surface area contributed by atoms with Gasteiger partial charge in [-0.15, -0.1) is 0 Å². The van der Waals surface area contributed by atoms with Gasteiger partial charge in [0.25, 0.3) is 0 Å². The fourth-order valence-corrected chi connectivity index (χ4v) is 0. The molecule has 0 fully saturated rings. The molecule has 0 spiro atoms. The Labute approximate surface area is 82.8 Å². The van der Waals surface area contributed by atoms with E-state index < -0.39 is 0 Å². The Morgan fingerprint density at radius 2 is 0.375 bits per heavy atom. The monoisotopic (exact) mass is 466 g/mol. The van der Waals surface area contributed by atoms with Gasteiger partial charge in [0.15, 0.2) is 0 Å². The molecular formula is C6Au2. The molecule has 0 unspecified atom stereocenters. The third-order valence-corrected chi connectivity index (χ3v) is 0. The van der Waals surface area contributed by atoms with Crippen LogP contribution in [-0.2, 0) is 44.8 Å². The summed E-state index contributed by atoms with van der Waals surface area (Å²) < 4.78 is 0. The summed E-state index contributed by atoms with van der Waals surface area (Å²) in [5, 5.41) is 0. The second kappa shape index (κ2) is 10500. The molecule has 0 radical (unpaired) electrons. The summed E-state index contributed by atoms with van der Waals surface area (Å²) in [6.07, 6.45) is 30.0. The number of hydrogen-bond donors (Lipinski definition) is 0. The van der Waals surface area contributed by atoms with Gasteiger partial charge in [0.05, 0.1) is 0 Å². The van der Waals surface area contributed by atoms with E-state index in [1.807, 2.05) is 0 Å². The van der Waals surface area contributed by atoms with Crippen molar-refractivity contribution in [3.63, 3.8) is 0 Å². The smallest absolute Gasteiger partial charge is 1.00 e. The summed E-state index contributed by atoms with van der Waals surface area (Å²) in [6.45, 7) is 0. The van der Waals surface area contributed by atoms with Crippen LogP contribution in [0.5, 0.6) is 0 Å². The van der Waals surface area contributed by atoms with Gasteiger partial charge in [-0.1, -0.05) is 0 Å². The van der Waals surface area contributed by atoms with E-state index in [4.69, 9.17) is 38.5 Å². The Bertz CT molecular complexity index is 35.0. The SMILES string of the molecule is [Au+3].[Au+3].[C-]#[C-].[C-]#[C-].[C-]#[C-]. The minimum Gasteiger partial charge on any atom is -1.00 e. The first kappa shape index (κ1) is 41.9. The van der Waals surface area contributed by atoms with E-state index in [-0.39, 0.29) is 44.8 Å². The fourth-order valence-electron chi connectivity index (χ4n) is 0.